The maximum absolute atomic E-state index is 10.4. The van der Waals surface area contributed by atoms with Crippen LogP contribution in [0.4, 0.5) is 0 Å². The van der Waals surface area contributed by atoms with Gasteiger partial charge in [-0.3, -0.25) is 0 Å². The van der Waals surface area contributed by atoms with Gasteiger partial charge in [0.05, 0.1) is 5.60 Å². The van der Waals surface area contributed by atoms with Gasteiger partial charge < -0.3 is 10.4 Å². The molecule has 2 aliphatic carbocycles. The van der Waals surface area contributed by atoms with E-state index in [1.807, 2.05) is 0 Å². The highest BCUT2D eigenvalue weighted by molar-refractivity contribution is 4.85. The van der Waals surface area contributed by atoms with Crippen molar-refractivity contribution in [3.8, 4) is 0 Å². The van der Waals surface area contributed by atoms with Crippen LogP contribution in [0.1, 0.15) is 64.7 Å². The Morgan fingerprint density at radius 2 is 1.76 bits per heavy atom. The van der Waals surface area contributed by atoms with Crippen LogP contribution >= 0.6 is 0 Å². The molecule has 2 nitrogen and oxygen atoms in total. The highest BCUT2D eigenvalue weighted by Gasteiger charge is 2.29. The fourth-order valence-electron chi connectivity index (χ4n) is 3.57. The molecule has 2 saturated carbocycles. The summed E-state index contributed by atoms with van der Waals surface area (Å²) in [6.07, 6.45) is 11.3. The molecule has 100 valence electrons. The monoisotopic (exact) mass is 239 g/mol. The second-order valence-electron chi connectivity index (χ2n) is 6.44. The van der Waals surface area contributed by atoms with Crippen LogP contribution in [0.15, 0.2) is 0 Å². The third kappa shape index (κ3) is 3.96. The van der Waals surface area contributed by atoms with Crippen molar-refractivity contribution in [2.75, 3.05) is 13.1 Å². The summed E-state index contributed by atoms with van der Waals surface area (Å²) >= 11 is 0. The van der Waals surface area contributed by atoms with E-state index < -0.39 is 5.60 Å². The topological polar surface area (TPSA) is 32.3 Å². The Labute approximate surface area is 106 Å². The third-order valence-corrected chi connectivity index (χ3v) is 4.93. The van der Waals surface area contributed by atoms with Crippen molar-refractivity contribution in [1.29, 1.82) is 0 Å². The first-order chi connectivity index (χ1) is 8.20. The maximum Gasteiger partial charge on any atom is 0.0771 e. The lowest BCUT2D eigenvalue weighted by atomic mass is 9.80. The number of aliphatic hydroxyl groups is 1. The number of hydrogen-bond acceptors (Lipinski definition) is 2. The second-order valence-corrected chi connectivity index (χ2v) is 6.44. The van der Waals surface area contributed by atoms with Crippen LogP contribution in [0.25, 0.3) is 0 Å². The molecule has 0 saturated heterocycles. The number of nitrogens with one attached hydrogen (secondary N) is 1. The minimum absolute atomic E-state index is 0.393. The van der Waals surface area contributed by atoms with Crippen molar-refractivity contribution in [3.63, 3.8) is 0 Å². The van der Waals surface area contributed by atoms with Crippen LogP contribution in [0, 0.1) is 11.8 Å². The lowest BCUT2D eigenvalue weighted by molar-refractivity contribution is 0.00348. The van der Waals surface area contributed by atoms with Gasteiger partial charge in [-0.2, -0.15) is 0 Å². The molecule has 0 aromatic rings. The highest BCUT2D eigenvalue weighted by atomic mass is 16.3. The van der Waals surface area contributed by atoms with E-state index in [0.29, 0.717) is 0 Å². The fourth-order valence-corrected chi connectivity index (χ4v) is 3.57. The molecule has 17 heavy (non-hydrogen) atoms. The number of rotatable bonds is 4. The molecule has 2 fully saturated rings. The number of hydrogen-bond donors (Lipinski definition) is 2. The molecule has 2 unspecified atom stereocenters. The van der Waals surface area contributed by atoms with Crippen LogP contribution < -0.4 is 5.32 Å². The standard InChI is InChI=1S/C15H29NO/c1-13-7-3-4-8-14(13)11-16-12-15(17)9-5-2-6-10-15/h13-14,16-17H,2-12H2,1H3. The van der Waals surface area contributed by atoms with Crippen LogP contribution in [0.3, 0.4) is 0 Å². The van der Waals surface area contributed by atoms with E-state index in [2.05, 4.69) is 12.2 Å². The summed E-state index contributed by atoms with van der Waals surface area (Å²) in [5.74, 6) is 1.72. The van der Waals surface area contributed by atoms with Gasteiger partial charge in [-0.05, 0) is 37.6 Å². The van der Waals surface area contributed by atoms with Gasteiger partial charge in [0.15, 0.2) is 0 Å². The average molecular weight is 239 g/mol. The van der Waals surface area contributed by atoms with E-state index in [4.69, 9.17) is 0 Å². The molecule has 0 amide bonds. The summed E-state index contributed by atoms with van der Waals surface area (Å²) in [6.45, 7) is 4.32. The zero-order valence-corrected chi connectivity index (χ0v) is 11.4. The minimum Gasteiger partial charge on any atom is -0.389 e. The van der Waals surface area contributed by atoms with Gasteiger partial charge in [0.2, 0.25) is 0 Å². The van der Waals surface area contributed by atoms with Crippen molar-refractivity contribution in [2.45, 2.75) is 70.3 Å². The van der Waals surface area contributed by atoms with Crippen molar-refractivity contribution in [1.82, 2.24) is 5.32 Å². The first-order valence-corrected chi connectivity index (χ1v) is 7.63. The molecule has 0 aromatic heterocycles. The van der Waals surface area contributed by atoms with Gasteiger partial charge >= 0.3 is 0 Å². The van der Waals surface area contributed by atoms with Crippen molar-refractivity contribution >= 4 is 0 Å². The van der Waals surface area contributed by atoms with Crippen LogP contribution in [-0.2, 0) is 0 Å². The van der Waals surface area contributed by atoms with Gasteiger partial charge in [-0.1, -0.05) is 45.4 Å². The van der Waals surface area contributed by atoms with E-state index in [9.17, 15) is 5.11 Å². The molecule has 0 bridgehead atoms. The quantitative estimate of drug-likeness (QED) is 0.790. The minimum atomic E-state index is -0.393. The molecule has 0 radical (unpaired) electrons. The summed E-state index contributed by atoms with van der Waals surface area (Å²) in [5.41, 5.74) is -0.393. The van der Waals surface area contributed by atoms with E-state index in [1.54, 1.807) is 0 Å². The molecular weight excluding hydrogens is 210 g/mol. The third-order valence-electron chi connectivity index (χ3n) is 4.93. The largest absolute Gasteiger partial charge is 0.389 e. The molecule has 0 aromatic carbocycles. The highest BCUT2D eigenvalue weighted by Crippen LogP contribution is 2.30. The van der Waals surface area contributed by atoms with Gasteiger partial charge in [-0.25, -0.2) is 0 Å². The zero-order valence-electron chi connectivity index (χ0n) is 11.4. The smallest absolute Gasteiger partial charge is 0.0771 e. The molecule has 2 atom stereocenters. The van der Waals surface area contributed by atoms with E-state index >= 15 is 0 Å². The summed E-state index contributed by atoms with van der Waals surface area (Å²) in [4.78, 5) is 0. The second kappa shape index (κ2) is 6.19. The lowest BCUT2D eigenvalue weighted by Gasteiger charge is -2.34. The molecule has 2 rings (SSSR count). The molecule has 0 spiro atoms. The van der Waals surface area contributed by atoms with Gasteiger partial charge in [0.1, 0.15) is 0 Å². The van der Waals surface area contributed by atoms with Gasteiger partial charge in [0.25, 0.3) is 0 Å². The van der Waals surface area contributed by atoms with Crippen LogP contribution in [0.5, 0.6) is 0 Å². The molecule has 2 aliphatic rings. The Kier molecular flexibility index (Phi) is 4.87. The Hall–Kier alpha value is -0.0800. The molecule has 2 heteroatoms. The summed E-state index contributed by atoms with van der Waals surface area (Å²) in [5, 5.41) is 13.9. The Balaban J connectivity index is 1.67. The normalized spacial score (nSPS) is 33.5. The first kappa shape index (κ1) is 13.4. The molecule has 0 aliphatic heterocycles. The van der Waals surface area contributed by atoms with Gasteiger partial charge in [0, 0.05) is 6.54 Å². The molecule has 0 heterocycles. The van der Waals surface area contributed by atoms with Crippen LogP contribution in [-0.4, -0.2) is 23.8 Å². The predicted octanol–water partition coefficient (Wildman–Crippen LogP) is 3.10. The summed E-state index contributed by atoms with van der Waals surface area (Å²) in [6, 6.07) is 0. The Morgan fingerprint density at radius 1 is 1.06 bits per heavy atom. The lowest BCUT2D eigenvalue weighted by Crippen LogP contribution is -2.44. The SMILES string of the molecule is CC1CCCCC1CNCC1(O)CCCCC1. The summed E-state index contributed by atoms with van der Waals surface area (Å²) < 4.78 is 0. The predicted molar refractivity (Wildman–Crippen MR) is 72.0 cm³/mol. The van der Waals surface area contributed by atoms with Crippen molar-refractivity contribution in [2.24, 2.45) is 11.8 Å². The molecule has 2 N–H and O–H groups in total. The maximum atomic E-state index is 10.4. The zero-order chi connectivity index (χ0) is 12.1. The van der Waals surface area contributed by atoms with Gasteiger partial charge in [-0.15, -0.1) is 0 Å². The van der Waals surface area contributed by atoms with E-state index in [0.717, 1.165) is 37.8 Å². The average Bonchev–Trinajstić information content (AvgIpc) is 2.32. The first-order valence-electron chi connectivity index (χ1n) is 7.63. The van der Waals surface area contributed by atoms with Crippen molar-refractivity contribution < 1.29 is 5.11 Å². The van der Waals surface area contributed by atoms with Crippen molar-refractivity contribution in [3.05, 3.63) is 0 Å². The van der Waals surface area contributed by atoms with E-state index in [-0.39, 0.29) is 0 Å². The fraction of sp³-hybridized carbons (Fsp3) is 1.00. The van der Waals surface area contributed by atoms with E-state index in [1.165, 1.54) is 44.9 Å². The van der Waals surface area contributed by atoms with Crippen LogP contribution in [0.2, 0.25) is 0 Å². The Morgan fingerprint density at radius 3 is 2.47 bits per heavy atom. The summed E-state index contributed by atoms with van der Waals surface area (Å²) in [7, 11) is 0. The Bertz CT molecular complexity index is 223. The molecular formula is C15H29NO.